The molecule has 0 aliphatic rings. The molecule has 0 atom stereocenters. The highest BCUT2D eigenvalue weighted by Gasteiger charge is 2.26. The standard InChI is InChI=1S/C15H18F2N3O4P/c1-3-23-25(21,24-4-2)20-14-13(17)9-18-15(19-14)22-10-11-6-5-7-12(16)8-11/h5-9H,3-4,10H2,1-2H3,(H,18,19,20,21). The molecule has 1 aromatic carbocycles. The first kappa shape index (κ1) is 19.2. The summed E-state index contributed by atoms with van der Waals surface area (Å²) in [6.07, 6.45) is 0.860. The predicted molar refractivity (Wildman–Crippen MR) is 87.2 cm³/mol. The molecule has 0 bridgehead atoms. The average molecular weight is 373 g/mol. The van der Waals surface area contributed by atoms with Gasteiger partial charge in [-0.3, -0.25) is 14.1 Å². The van der Waals surface area contributed by atoms with Crippen LogP contribution < -0.4 is 9.82 Å². The summed E-state index contributed by atoms with van der Waals surface area (Å²) in [5, 5.41) is 2.32. The van der Waals surface area contributed by atoms with E-state index in [2.05, 4.69) is 15.1 Å². The summed E-state index contributed by atoms with van der Waals surface area (Å²) in [6.45, 7) is 3.42. The zero-order valence-corrected chi connectivity index (χ0v) is 14.6. The van der Waals surface area contributed by atoms with Gasteiger partial charge in [-0.05, 0) is 31.5 Å². The topological polar surface area (TPSA) is 82.6 Å². The highest BCUT2D eigenvalue weighted by Crippen LogP contribution is 2.47. The van der Waals surface area contributed by atoms with Gasteiger partial charge in [-0.2, -0.15) is 4.98 Å². The Bertz CT molecular complexity index is 753. The molecule has 1 N–H and O–H groups in total. The minimum absolute atomic E-state index is 0.0165. The fraction of sp³-hybridized carbons (Fsp3) is 0.333. The number of nitrogens with zero attached hydrogens (tertiary/aromatic N) is 2. The van der Waals surface area contributed by atoms with Crippen molar-refractivity contribution < 1.29 is 27.1 Å². The van der Waals surface area contributed by atoms with Gasteiger partial charge >= 0.3 is 13.8 Å². The molecule has 2 rings (SSSR count). The molecule has 10 heteroatoms. The van der Waals surface area contributed by atoms with Crippen molar-refractivity contribution in [1.29, 1.82) is 0 Å². The molecule has 0 aliphatic heterocycles. The van der Waals surface area contributed by atoms with E-state index in [1.807, 2.05) is 0 Å². The van der Waals surface area contributed by atoms with Crippen LogP contribution >= 0.6 is 7.75 Å². The summed E-state index contributed by atoms with van der Waals surface area (Å²) >= 11 is 0. The Hall–Kier alpha value is -2.09. The monoisotopic (exact) mass is 373 g/mol. The van der Waals surface area contributed by atoms with Crippen LogP contribution in [0.3, 0.4) is 0 Å². The van der Waals surface area contributed by atoms with Crippen molar-refractivity contribution in [2.24, 2.45) is 0 Å². The molecule has 0 aliphatic carbocycles. The summed E-state index contributed by atoms with van der Waals surface area (Å²) in [5.74, 6) is -1.63. The quantitative estimate of drug-likeness (QED) is 0.667. The maximum absolute atomic E-state index is 13.9. The van der Waals surface area contributed by atoms with E-state index in [-0.39, 0.29) is 31.6 Å². The molecule has 2 aromatic rings. The molecule has 7 nitrogen and oxygen atoms in total. The molecule has 0 saturated carbocycles. The normalized spacial score (nSPS) is 11.4. The lowest BCUT2D eigenvalue weighted by atomic mass is 10.2. The molecule has 136 valence electrons. The molecule has 0 fully saturated rings. The Kier molecular flexibility index (Phi) is 6.81. The third-order valence-electron chi connectivity index (χ3n) is 2.82. The smallest absolute Gasteiger partial charge is 0.433 e. The van der Waals surface area contributed by atoms with Gasteiger partial charge in [-0.25, -0.2) is 18.3 Å². The Morgan fingerprint density at radius 1 is 1.20 bits per heavy atom. The Balaban J connectivity index is 2.12. The maximum atomic E-state index is 13.9. The van der Waals surface area contributed by atoms with Gasteiger partial charge in [0.1, 0.15) is 12.4 Å². The Morgan fingerprint density at radius 3 is 2.56 bits per heavy atom. The maximum Gasteiger partial charge on any atom is 0.433 e. The fourth-order valence-corrected chi connectivity index (χ4v) is 3.14. The van der Waals surface area contributed by atoms with Crippen LogP contribution in [-0.4, -0.2) is 23.2 Å². The van der Waals surface area contributed by atoms with Crippen molar-refractivity contribution in [2.75, 3.05) is 18.3 Å². The van der Waals surface area contributed by atoms with Crippen LogP contribution in [0, 0.1) is 11.6 Å². The van der Waals surface area contributed by atoms with E-state index in [0.29, 0.717) is 5.56 Å². The number of anilines is 1. The lowest BCUT2D eigenvalue weighted by molar-refractivity contribution is 0.224. The zero-order chi connectivity index (χ0) is 18.3. The van der Waals surface area contributed by atoms with Crippen LogP contribution in [0.5, 0.6) is 6.01 Å². The number of halogens is 2. The third kappa shape index (κ3) is 5.74. The highest BCUT2D eigenvalue weighted by molar-refractivity contribution is 7.55. The van der Waals surface area contributed by atoms with Crippen LogP contribution in [0.4, 0.5) is 14.6 Å². The van der Waals surface area contributed by atoms with E-state index >= 15 is 0 Å². The largest absolute Gasteiger partial charge is 0.459 e. The molecule has 0 saturated heterocycles. The molecule has 0 unspecified atom stereocenters. The molecule has 25 heavy (non-hydrogen) atoms. The fourth-order valence-electron chi connectivity index (χ4n) is 1.84. The second-order valence-electron chi connectivity index (χ2n) is 4.71. The summed E-state index contributed by atoms with van der Waals surface area (Å²) in [4.78, 5) is 7.50. The van der Waals surface area contributed by atoms with Crippen molar-refractivity contribution in [3.63, 3.8) is 0 Å². The number of hydrogen-bond acceptors (Lipinski definition) is 6. The van der Waals surface area contributed by atoms with Crippen LogP contribution in [0.25, 0.3) is 0 Å². The van der Waals surface area contributed by atoms with Gasteiger partial charge in [0.2, 0.25) is 0 Å². The summed E-state index contributed by atoms with van der Waals surface area (Å²) in [5.41, 5.74) is 0.553. The molecule has 0 spiro atoms. The minimum atomic E-state index is -3.76. The van der Waals surface area contributed by atoms with Crippen molar-refractivity contribution >= 4 is 13.6 Å². The SMILES string of the molecule is CCOP(=O)(Nc1nc(OCc2cccc(F)c2)ncc1F)OCC. The van der Waals surface area contributed by atoms with Gasteiger partial charge in [0, 0.05) is 0 Å². The number of aromatic nitrogens is 2. The van der Waals surface area contributed by atoms with Gasteiger partial charge in [-0.15, -0.1) is 0 Å². The van der Waals surface area contributed by atoms with Gasteiger partial charge in [-0.1, -0.05) is 12.1 Å². The number of nitrogens with one attached hydrogen (secondary N) is 1. The van der Waals surface area contributed by atoms with E-state index in [0.717, 1.165) is 6.20 Å². The number of benzene rings is 1. The number of rotatable bonds is 9. The Labute approximate surface area is 143 Å². The average Bonchev–Trinajstić information content (AvgIpc) is 2.56. The van der Waals surface area contributed by atoms with Crippen molar-refractivity contribution in [1.82, 2.24) is 9.97 Å². The number of hydrogen-bond donors (Lipinski definition) is 1. The van der Waals surface area contributed by atoms with Crippen molar-refractivity contribution in [3.8, 4) is 6.01 Å². The van der Waals surface area contributed by atoms with E-state index in [1.165, 1.54) is 18.2 Å². The second kappa shape index (κ2) is 8.84. The van der Waals surface area contributed by atoms with Crippen molar-refractivity contribution in [2.45, 2.75) is 20.5 Å². The molecule has 1 aromatic heterocycles. The van der Waals surface area contributed by atoms with E-state index in [1.54, 1.807) is 19.9 Å². The van der Waals surface area contributed by atoms with Gasteiger partial charge < -0.3 is 4.74 Å². The number of ether oxygens (including phenoxy) is 1. The van der Waals surface area contributed by atoms with Crippen LogP contribution in [-0.2, 0) is 20.2 Å². The van der Waals surface area contributed by atoms with Gasteiger partial charge in [0.25, 0.3) is 0 Å². The first-order valence-corrected chi connectivity index (χ1v) is 9.07. The van der Waals surface area contributed by atoms with E-state index < -0.39 is 19.4 Å². The molecule has 1 heterocycles. The summed E-state index contributed by atoms with van der Waals surface area (Å²) < 4.78 is 54.8. The summed E-state index contributed by atoms with van der Waals surface area (Å²) in [7, 11) is -3.76. The van der Waals surface area contributed by atoms with E-state index in [9.17, 15) is 13.3 Å². The lowest BCUT2D eigenvalue weighted by Crippen LogP contribution is -2.09. The predicted octanol–water partition coefficient (Wildman–Crippen LogP) is 3.93. The summed E-state index contributed by atoms with van der Waals surface area (Å²) in [6, 6.07) is 5.62. The van der Waals surface area contributed by atoms with Gasteiger partial charge in [0.05, 0.1) is 19.4 Å². The first-order valence-electron chi connectivity index (χ1n) is 7.53. The lowest BCUT2D eigenvalue weighted by Gasteiger charge is -2.18. The molecule has 0 amide bonds. The van der Waals surface area contributed by atoms with Crippen LogP contribution in [0.15, 0.2) is 30.5 Å². The van der Waals surface area contributed by atoms with Crippen molar-refractivity contribution in [3.05, 3.63) is 47.7 Å². The van der Waals surface area contributed by atoms with E-state index in [4.69, 9.17) is 13.8 Å². The molecular weight excluding hydrogens is 355 g/mol. The van der Waals surface area contributed by atoms with Crippen LogP contribution in [0.1, 0.15) is 19.4 Å². The molecule has 0 radical (unpaired) electrons. The second-order valence-corrected chi connectivity index (χ2v) is 6.45. The van der Waals surface area contributed by atoms with Crippen LogP contribution in [0.2, 0.25) is 0 Å². The zero-order valence-electron chi connectivity index (χ0n) is 13.7. The minimum Gasteiger partial charge on any atom is -0.459 e. The van der Waals surface area contributed by atoms with Gasteiger partial charge in [0.15, 0.2) is 11.6 Å². The highest BCUT2D eigenvalue weighted by atomic mass is 31.2. The third-order valence-corrected chi connectivity index (χ3v) is 4.50. The Morgan fingerprint density at radius 2 is 1.92 bits per heavy atom. The first-order chi connectivity index (χ1) is 12.0. The molecular formula is C15H18F2N3O4P.